The maximum Gasteiger partial charge on any atom is 3.00 e. The molecule has 0 saturated heterocycles. The Morgan fingerprint density at radius 3 is 1.00 bits per heavy atom. The SMILES string of the molecule is O.[Cl-].[O-2].[Ti+3]. The monoisotopic (exact) mass is 117 g/mol. The van der Waals surface area contributed by atoms with Gasteiger partial charge in [-0.2, -0.15) is 0 Å². The van der Waals surface area contributed by atoms with Crippen molar-refractivity contribution in [1.29, 1.82) is 0 Å². The molecule has 0 heterocycles. The third-order valence-electron chi connectivity index (χ3n) is 0. The molecule has 0 aliphatic carbocycles. The van der Waals surface area contributed by atoms with Crippen molar-refractivity contribution in [2.45, 2.75) is 0 Å². The summed E-state index contributed by atoms with van der Waals surface area (Å²) in [4.78, 5) is 0. The molecular weight excluding hydrogens is 115 g/mol. The largest absolute Gasteiger partial charge is 3.00 e. The molecule has 0 amide bonds. The van der Waals surface area contributed by atoms with Crippen molar-refractivity contribution in [3.63, 3.8) is 0 Å². The van der Waals surface area contributed by atoms with Gasteiger partial charge in [0.2, 0.25) is 0 Å². The van der Waals surface area contributed by atoms with Crippen LogP contribution < -0.4 is 12.4 Å². The van der Waals surface area contributed by atoms with E-state index in [9.17, 15) is 0 Å². The molecule has 0 aliphatic heterocycles. The Balaban J connectivity index is 0. The quantitative estimate of drug-likeness (QED) is 0.291. The maximum absolute atomic E-state index is 0. The van der Waals surface area contributed by atoms with Gasteiger partial charge < -0.3 is 23.4 Å². The molecule has 25 valence electrons. The average Bonchev–Trinajstić information content (AvgIpc) is 0. The van der Waals surface area contributed by atoms with Crippen LogP contribution in [0.1, 0.15) is 0 Å². The van der Waals surface area contributed by atoms with Crippen LogP contribution in [0.3, 0.4) is 0 Å². The van der Waals surface area contributed by atoms with E-state index in [1.807, 2.05) is 0 Å². The van der Waals surface area contributed by atoms with Crippen molar-refractivity contribution in [2.24, 2.45) is 0 Å². The van der Waals surface area contributed by atoms with Gasteiger partial charge in [0.25, 0.3) is 0 Å². The summed E-state index contributed by atoms with van der Waals surface area (Å²) in [5.74, 6) is 0. The Labute approximate surface area is 45.5 Å². The van der Waals surface area contributed by atoms with Crippen molar-refractivity contribution in [3.8, 4) is 0 Å². The van der Waals surface area contributed by atoms with Crippen molar-refractivity contribution < 1.29 is 45.1 Å². The summed E-state index contributed by atoms with van der Waals surface area (Å²) < 4.78 is 0. The molecule has 0 atom stereocenters. The van der Waals surface area contributed by atoms with E-state index in [0.29, 0.717) is 0 Å². The zero-order valence-corrected chi connectivity index (χ0v) is 4.10. The van der Waals surface area contributed by atoms with Gasteiger partial charge in [-0.15, -0.1) is 0 Å². The van der Waals surface area contributed by atoms with Gasteiger partial charge in [-0.25, -0.2) is 0 Å². The summed E-state index contributed by atoms with van der Waals surface area (Å²) in [6.07, 6.45) is 0. The van der Waals surface area contributed by atoms with E-state index in [4.69, 9.17) is 0 Å². The summed E-state index contributed by atoms with van der Waals surface area (Å²) in [7, 11) is 0. The van der Waals surface area contributed by atoms with Crippen LogP contribution in [-0.2, 0) is 27.2 Å². The van der Waals surface area contributed by atoms with Crippen molar-refractivity contribution in [2.75, 3.05) is 0 Å². The molecular formula is H2ClO2Ti. The molecule has 0 spiro atoms. The number of hydrogen-bond acceptors (Lipinski definition) is 0. The molecule has 4 heteroatoms. The molecule has 2 nitrogen and oxygen atoms in total. The second kappa shape index (κ2) is 39.3. The predicted molar refractivity (Wildman–Crippen MR) is 4.30 cm³/mol. The fourth-order valence-corrected chi connectivity index (χ4v) is 0. The van der Waals surface area contributed by atoms with Gasteiger partial charge in [-0.05, 0) is 0 Å². The molecule has 2 N–H and O–H groups in total. The Morgan fingerprint density at radius 1 is 1.00 bits per heavy atom. The van der Waals surface area contributed by atoms with Gasteiger partial charge in [0, 0.05) is 0 Å². The number of halogens is 1. The summed E-state index contributed by atoms with van der Waals surface area (Å²) in [6.45, 7) is 0. The molecule has 0 aromatic carbocycles. The molecule has 1 radical (unpaired) electrons. The first-order valence-electron chi connectivity index (χ1n) is 0. The van der Waals surface area contributed by atoms with E-state index < -0.39 is 0 Å². The summed E-state index contributed by atoms with van der Waals surface area (Å²) >= 11 is 0. The molecule has 0 aliphatic rings. The second-order valence-electron chi connectivity index (χ2n) is 0. The molecule has 4 heavy (non-hydrogen) atoms. The zero-order valence-electron chi connectivity index (χ0n) is 1.79. The van der Waals surface area contributed by atoms with Crippen LogP contribution in [0.5, 0.6) is 0 Å². The average molecular weight is 117 g/mol. The van der Waals surface area contributed by atoms with Crippen LogP contribution in [0.25, 0.3) is 0 Å². The minimum atomic E-state index is 0. The second-order valence-corrected chi connectivity index (χ2v) is 0. The predicted octanol–water partition coefficient (Wildman–Crippen LogP) is -3.94. The van der Waals surface area contributed by atoms with E-state index in [2.05, 4.69) is 0 Å². The summed E-state index contributed by atoms with van der Waals surface area (Å²) in [5.41, 5.74) is 0. The Morgan fingerprint density at radius 2 is 1.00 bits per heavy atom. The Bertz CT molecular complexity index is 6.00. The summed E-state index contributed by atoms with van der Waals surface area (Å²) in [6, 6.07) is 0. The van der Waals surface area contributed by atoms with Gasteiger partial charge in [-0.3, -0.25) is 0 Å². The van der Waals surface area contributed by atoms with Crippen LogP contribution in [0.4, 0.5) is 0 Å². The molecule has 0 aromatic heterocycles. The molecule has 0 saturated carbocycles. The van der Waals surface area contributed by atoms with E-state index in [1.54, 1.807) is 0 Å². The van der Waals surface area contributed by atoms with Crippen LogP contribution >= 0.6 is 0 Å². The standard InChI is InChI=1S/ClH.H2O.O.Ti/h1H;1H2;;/q;;-2;+3/p-1. The van der Waals surface area contributed by atoms with Crippen molar-refractivity contribution in [1.82, 2.24) is 0 Å². The molecule has 0 bridgehead atoms. The maximum atomic E-state index is 0. The van der Waals surface area contributed by atoms with Gasteiger partial charge >= 0.3 is 21.7 Å². The smallest absolute Gasteiger partial charge is 2.00 e. The van der Waals surface area contributed by atoms with E-state index in [0.717, 1.165) is 0 Å². The first-order valence-corrected chi connectivity index (χ1v) is 0. The topological polar surface area (TPSA) is 60.0 Å². The van der Waals surface area contributed by atoms with Gasteiger partial charge in [0.05, 0.1) is 0 Å². The van der Waals surface area contributed by atoms with Crippen molar-refractivity contribution >= 4 is 0 Å². The Kier molecular flexibility index (Phi) is 872. The zero-order chi connectivity index (χ0) is 0. The van der Waals surface area contributed by atoms with Gasteiger partial charge in [0.1, 0.15) is 0 Å². The van der Waals surface area contributed by atoms with E-state index in [1.165, 1.54) is 0 Å². The summed E-state index contributed by atoms with van der Waals surface area (Å²) in [5, 5.41) is 0. The van der Waals surface area contributed by atoms with Crippen LogP contribution in [0, 0.1) is 0 Å². The molecule has 0 aromatic rings. The number of rotatable bonds is 0. The van der Waals surface area contributed by atoms with Crippen molar-refractivity contribution in [3.05, 3.63) is 0 Å². The first kappa shape index (κ1) is 88.8. The fourth-order valence-electron chi connectivity index (χ4n) is 0. The minimum Gasteiger partial charge on any atom is -2.00 e. The van der Waals surface area contributed by atoms with E-state index >= 15 is 0 Å². The first-order chi connectivity index (χ1) is 0. The fraction of sp³-hybridized carbons (Fsp3) is 0. The number of hydrogen-bond donors (Lipinski definition) is 0. The molecule has 0 rings (SSSR count). The molecule has 0 unspecified atom stereocenters. The van der Waals surface area contributed by atoms with Crippen LogP contribution in [0.15, 0.2) is 0 Å². The van der Waals surface area contributed by atoms with E-state index in [-0.39, 0.29) is 45.1 Å². The third kappa shape index (κ3) is 12.7. The normalized spacial score (nSPS) is 0. The third-order valence-corrected chi connectivity index (χ3v) is 0. The van der Waals surface area contributed by atoms with Crippen LogP contribution in [-0.4, -0.2) is 5.48 Å². The molecule has 0 fully saturated rings. The van der Waals surface area contributed by atoms with Crippen LogP contribution in [0.2, 0.25) is 0 Å². The Hall–Kier alpha value is 0.924. The van der Waals surface area contributed by atoms with Gasteiger partial charge in [0.15, 0.2) is 0 Å². The van der Waals surface area contributed by atoms with Gasteiger partial charge in [-0.1, -0.05) is 0 Å². The minimum absolute atomic E-state index is 0.